The molecule has 4 nitrogen and oxygen atoms in total. The molecule has 1 rings (SSSR count). The average Bonchev–Trinajstić information content (AvgIpc) is 2.20. The molecule has 0 aromatic carbocycles. The highest BCUT2D eigenvalue weighted by Gasteiger charge is 2.18. The summed E-state index contributed by atoms with van der Waals surface area (Å²) < 4.78 is 24.9. The van der Waals surface area contributed by atoms with Gasteiger partial charge in [-0.15, -0.1) is 0 Å². The molecular weight excluding hydrogens is 288 g/mol. The zero-order valence-electron chi connectivity index (χ0n) is 7.95. The number of hydrogen-bond acceptors (Lipinski definition) is 3. The van der Waals surface area contributed by atoms with Crippen LogP contribution in [0.2, 0.25) is 0 Å². The van der Waals surface area contributed by atoms with Gasteiger partial charge in [0.05, 0.1) is 12.1 Å². The first-order valence-corrected chi connectivity index (χ1v) is 5.35. The molecule has 2 N–H and O–H groups in total. The van der Waals surface area contributed by atoms with E-state index in [0.29, 0.717) is 0 Å². The maximum absolute atomic E-state index is 12.4. The Balaban J connectivity index is 3.24. The molecule has 0 aliphatic carbocycles. The fourth-order valence-electron chi connectivity index (χ4n) is 1.15. The van der Waals surface area contributed by atoms with E-state index in [1.807, 2.05) is 0 Å². The van der Waals surface area contributed by atoms with E-state index in [9.17, 15) is 18.7 Å². The van der Waals surface area contributed by atoms with E-state index in [1.54, 1.807) is 0 Å². The highest BCUT2D eigenvalue weighted by molar-refractivity contribution is 9.08. The Morgan fingerprint density at radius 1 is 1.56 bits per heavy atom. The zero-order chi connectivity index (χ0) is 12.3. The van der Waals surface area contributed by atoms with Gasteiger partial charge >= 0.3 is 5.97 Å². The summed E-state index contributed by atoms with van der Waals surface area (Å²) >= 11 is 3.01. The molecule has 0 saturated heterocycles. The molecule has 1 aromatic rings. The van der Waals surface area contributed by atoms with E-state index in [2.05, 4.69) is 20.9 Å². The van der Waals surface area contributed by atoms with Gasteiger partial charge in [-0.05, 0) is 6.07 Å². The van der Waals surface area contributed by atoms with Crippen LogP contribution in [0.3, 0.4) is 0 Å². The first-order valence-electron chi connectivity index (χ1n) is 4.23. The first kappa shape index (κ1) is 12.8. The van der Waals surface area contributed by atoms with Crippen LogP contribution in [0.1, 0.15) is 23.4 Å². The lowest BCUT2D eigenvalue weighted by atomic mass is 10.1. The molecule has 0 spiro atoms. The summed E-state index contributed by atoms with van der Waals surface area (Å²) in [5.74, 6) is -1.60. The summed E-state index contributed by atoms with van der Waals surface area (Å²) in [4.78, 5) is 13.9. The number of nitrogens with zero attached hydrogens (tertiary/aromatic N) is 1. The van der Waals surface area contributed by atoms with Gasteiger partial charge in [0.25, 0.3) is 6.43 Å². The second-order valence-electron chi connectivity index (χ2n) is 3.01. The second-order valence-corrected chi connectivity index (χ2v) is 3.57. The lowest BCUT2D eigenvalue weighted by Gasteiger charge is -2.08. The number of rotatable bonds is 4. The van der Waals surface area contributed by atoms with Crippen molar-refractivity contribution in [3.8, 4) is 5.75 Å². The van der Waals surface area contributed by atoms with Gasteiger partial charge in [-0.3, -0.25) is 4.79 Å². The van der Waals surface area contributed by atoms with Gasteiger partial charge in [0.1, 0.15) is 11.4 Å². The van der Waals surface area contributed by atoms with Crippen molar-refractivity contribution in [1.29, 1.82) is 0 Å². The van der Waals surface area contributed by atoms with E-state index >= 15 is 0 Å². The minimum Gasteiger partial charge on any atom is -0.506 e. The number of carboxylic acid groups (broad SMARTS) is 1. The Kier molecular flexibility index (Phi) is 4.17. The van der Waals surface area contributed by atoms with Gasteiger partial charge in [-0.1, -0.05) is 15.9 Å². The van der Waals surface area contributed by atoms with Crippen molar-refractivity contribution in [3.63, 3.8) is 0 Å². The van der Waals surface area contributed by atoms with Gasteiger partial charge in [0, 0.05) is 10.9 Å². The molecule has 0 radical (unpaired) electrons. The summed E-state index contributed by atoms with van der Waals surface area (Å²) in [5.41, 5.74) is -0.593. The van der Waals surface area contributed by atoms with Gasteiger partial charge in [-0.2, -0.15) is 0 Å². The molecule has 0 saturated carbocycles. The maximum Gasteiger partial charge on any atom is 0.309 e. The van der Waals surface area contributed by atoms with Crippen LogP contribution in [-0.4, -0.2) is 21.2 Å². The van der Waals surface area contributed by atoms with E-state index in [4.69, 9.17) is 5.11 Å². The molecule has 1 aromatic heterocycles. The number of hydrogen-bond donors (Lipinski definition) is 2. The van der Waals surface area contributed by atoms with E-state index < -0.39 is 24.5 Å². The lowest BCUT2D eigenvalue weighted by Crippen LogP contribution is -2.06. The molecule has 88 valence electrons. The maximum atomic E-state index is 12.4. The molecule has 0 bridgehead atoms. The van der Waals surface area contributed by atoms with Crippen molar-refractivity contribution in [3.05, 3.63) is 23.0 Å². The Morgan fingerprint density at radius 2 is 2.19 bits per heavy atom. The SMILES string of the molecule is O=C(O)Cc1nc(C(F)F)cc(CBr)c1O. The van der Waals surface area contributed by atoms with Gasteiger partial charge in [0.15, 0.2) is 0 Å². The normalized spacial score (nSPS) is 10.8. The molecule has 7 heteroatoms. The third-order valence-electron chi connectivity index (χ3n) is 1.85. The van der Waals surface area contributed by atoms with Gasteiger partial charge < -0.3 is 10.2 Å². The largest absolute Gasteiger partial charge is 0.506 e. The fourth-order valence-corrected chi connectivity index (χ4v) is 1.58. The Morgan fingerprint density at radius 3 is 2.62 bits per heavy atom. The third kappa shape index (κ3) is 2.88. The van der Waals surface area contributed by atoms with E-state index in [-0.39, 0.29) is 22.3 Å². The molecule has 1 heterocycles. The van der Waals surface area contributed by atoms with Crippen molar-refractivity contribution in [1.82, 2.24) is 4.98 Å². The van der Waals surface area contributed by atoms with Crippen LogP contribution in [0.15, 0.2) is 6.07 Å². The summed E-state index contributed by atoms with van der Waals surface area (Å²) in [7, 11) is 0. The summed E-state index contributed by atoms with van der Waals surface area (Å²) in [6.07, 6.45) is -3.39. The quantitative estimate of drug-likeness (QED) is 0.836. The standard InChI is InChI=1S/C9H8BrF2NO3/c10-3-4-1-6(9(11)12)13-5(8(4)16)2-7(14)15/h1,9,16H,2-3H2,(H,14,15). The number of carbonyl (C=O) groups is 1. The monoisotopic (exact) mass is 295 g/mol. The molecule has 0 amide bonds. The molecule has 0 unspecified atom stereocenters. The summed E-state index contributed by atoms with van der Waals surface area (Å²) in [6.45, 7) is 0. The van der Waals surface area contributed by atoms with Gasteiger partial charge in [-0.25, -0.2) is 13.8 Å². The number of alkyl halides is 3. The fraction of sp³-hybridized carbons (Fsp3) is 0.333. The van der Waals surface area contributed by atoms with Crippen LogP contribution in [0.25, 0.3) is 0 Å². The number of aliphatic carboxylic acids is 1. The molecule has 0 fully saturated rings. The predicted octanol–water partition coefficient (Wildman–Crippen LogP) is 2.25. The predicted molar refractivity (Wildman–Crippen MR) is 54.8 cm³/mol. The van der Waals surface area contributed by atoms with Crippen LogP contribution in [0.4, 0.5) is 8.78 Å². The zero-order valence-corrected chi connectivity index (χ0v) is 9.54. The smallest absolute Gasteiger partial charge is 0.309 e. The highest BCUT2D eigenvalue weighted by atomic mass is 79.9. The molecule has 16 heavy (non-hydrogen) atoms. The Labute approximate surface area is 98.1 Å². The second kappa shape index (κ2) is 5.20. The van der Waals surface area contributed by atoms with Crippen LogP contribution in [0, 0.1) is 0 Å². The van der Waals surface area contributed by atoms with Crippen LogP contribution in [-0.2, 0) is 16.5 Å². The van der Waals surface area contributed by atoms with Crippen LogP contribution < -0.4 is 0 Å². The minimum atomic E-state index is -2.80. The number of pyridine rings is 1. The van der Waals surface area contributed by atoms with Crippen LogP contribution >= 0.6 is 15.9 Å². The lowest BCUT2D eigenvalue weighted by molar-refractivity contribution is -0.136. The summed E-state index contributed by atoms with van der Waals surface area (Å²) in [6, 6.07) is 1.04. The first-order chi connectivity index (χ1) is 7.45. The van der Waals surface area contributed by atoms with Crippen molar-refractivity contribution in [2.45, 2.75) is 18.2 Å². The molecular formula is C9H8BrF2NO3. The Bertz CT molecular complexity index is 412. The number of halogens is 3. The van der Waals surface area contributed by atoms with Crippen molar-refractivity contribution in [2.75, 3.05) is 0 Å². The van der Waals surface area contributed by atoms with E-state index in [1.165, 1.54) is 0 Å². The van der Waals surface area contributed by atoms with Gasteiger partial charge in [0.2, 0.25) is 0 Å². The van der Waals surface area contributed by atoms with Crippen molar-refractivity contribution in [2.24, 2.45) is 0 Å². The van der Waals surface area contributed by atoms with Crippen molar-refractivity contribution < 1.29 is 23.8 Å². The topological polar surface area (TPSA) is 70.4 Å². The number of carboxylic acids is 1. The Hall–Kier alpha value is -1.24. The molecule has 0 aliphatic heterocycles. The third-order valence-corrected chi connectivity index (χ3v) is 2.45. The highest BCUT2D eigenvalue weighted by Crippen LogP contribution is 2.28. The average molecular weight is 296 g/mol. The van der Waals surface area contributed by atoms with Crippen LogP contribution in [0.5, 0.6) is 5.75 Å². The molecule has 0 atom stereocenters. The summed E-state index contributed by atoms with van der Waals surface area (Å²) in [5, 5.41) is 18.2. The number of aromatic nitrogens is 1. The number of aromatic hydroxyl groups is 1. The van der Waals surface area contributed by atoms with Crippen molar-refractivity contribution >= 4 is 21.9 Å². The van der Waals surface area contributed by atoms with E-state index in [0.717, 1.165) is 6.07 Å². The minimum absolute atomic E-state index is 0.147. The molecule has 0 aliphatic rings.